The SMILES string of the molecule is Cc1ccc(NC(=O)CNCCN2CCN(Cc3ccccc3)CC2)cc1.O=C(O)C(=O)O. The molecule has 9 heteroatoms. The minimum Gasteiger partial charge on any atom is -0.473 e. The Morgan fingerprint density at radius 3 is 2.00 bits per heavy atom. The minimum absolute atomic E-state index is 0.00605. The zero-order chi connectivity index (χ0) is 24.1. The van der Waals surface area contributed by atoms with Crippen molar-refractivity contribution in [3.63, 3.8) is 0 Å². The van der Waals surface area contributed by atoms with Gasteiger partial charge in [0, 0.05) is 51.5 Å². The summed E-state index contributed by atoms with van der Waals surface area (Å²) < 4.78 is 0. The maximum Gasteiger partial charge on any atom is 0.414 e. The topological polar surface area (TPSA) is 122 Å². The summed E-state index contributed by atoms with van der Waals surface area (Å²) in [6.45, 7) is 9.61. The molecule has 0 unspecified atom stereocenters. The van der Waals surface area contributed by atoms with E-state index in [1.54, 1.807) is 0 Å². The lowest BCUT2D eigenvalue weighted by Crippen LogP contribution is -2.48. The first-order chi connectivity index (χ1) is 15.8. The van der Waals surface area contributed by atoms with Gasteiger partial charge >= 0.3 is 11.9 Å². The number of piperazine rings is 1. The van der Waals surface area contributed by atoms with Crippen LogP contribution >= 0.6 is 0 Å². The van der Waals surface area contributed by atoms with Crippen LogP contribution in [0.3, 0.4) is 0 Å². The Bertz CT molecular complexity index is 869. The average molecular weight is 457 g/mol. The number of nitrogens with one attached hydrogen (secondary N) is 2. The van der Waals surface area contributed by atoms with Crippen LogP contribution < -0.4 is 10.6 Å². The van der Waals surface area contributed by atoms with Gasteiger partial charge in [0.25, 0.3) is 0 Å². The summed E-state index contributed by atoms with van der Waals surface area (Å²) in [4.78, 5) is 35.1. The highest BCUT2D eigenvalue weighted by Gasteiger charge is 2.16. The first kappa shape index (κ1) is 26.0. The fourth-order valence-electron chi connectivity index (χ4n) is 3.29. The Hall–Kier alpha value is -3.27. The molecule has 3 rings (SSSR count). The normalized spacial score (nSPS) is 14.1. The Morgan fingerprint density at radius 1 is 0.848 bits per heavy atom. The Kier molecular flexibility index (Phi) is 11.0. The molecule has 1 saturated heterocycles. The van der Waals surface area contributed by atoms with E-state index in [-0.39, 0.29) is 5.91 Å². The summed E-state index contributed by atoms with van der Waals surface area (Å²) in [5.41, 5.74) is 3.42. The van der Waals surface area contributed by atoms with Crippen LogP contribution in [0.15, 0.2) is 54.6 Å². The summed E-state index contributed by atoms with van der Waals surface area (Å²) in [7, 11) is 0. The van der Waals surface area contributed by atoms with E-state index in [4.69, 9.17) is 19.8 Å². The number of nitrogens with zero attached hydrogens (tertiary/aromatic N) is 2. The number of anilines is 1. The van der Waals surface area contributed by atoms with Gasteiger partial charge in [0.2, 0.25) is 5.91 Å². The predicted molar refractivity (Wildman–Crippen MR) is 126 cm³/mol. The van der Waals surface area contributed by atoms with E-state index >= 15 is 0 Å². The number of carbonyl (C=O) groups excluding carboxylic acids is 1. The highest BCUT2D eigenvalue weighted by Crippen LogP contribution is 2.09. The standard InChI is InChI=1S/C22H30N4O.C2H2O4/c1-19-7-9-21(10-8-19)24-22(27)17-23-11-12-25-13-15-26(16-14-25)18-20-5-3-2-4-6-20;3-1(4)2(5)6/h2-10,23H,11-18H2,1H3,(H,24,27);(H,3,4)(H,5,6). The molecule has 9 nitrogen and oxygen atoms in total. The first-order valence-corrected chi connectivity index (χ1v) is 10.9. The van der Waals surface area contributed by atoms with Gasteiger partial charge in [-0.3, -0.25) is 14.6 Å². The molecular weight excluding hydrogens is 424 g/mol. The molecular formula is C24H32N4O5. The highest BCUT2D eigenvalue weighted by molar-refractivity contribution is 6.27. The summed E-state index contributed by atoms with van der Waals surface area (Å²) in [6.07, 6.45) is 0. The molecule has 1 aliphatic rings. The molecule has 33 heavy (non-hydrogen) atoms. The molecule has 0 radical (unpaired) electrons. The summed E-state index contributed by atoms with van der Waals surface area (Å²) in [5, 5.41) is 20.9. The van der Waals surface area contributed by atoms with E-state index in [0.717, 1.165) is 51.5 Å². The van der Waals surface area contributed by atoms with E-state index in [9.17, 15) is 4.79 Å². The summed E-state index contributed by atoms with van der Waals surface area (Å²) in [5.74, 6) is -3.64. The van der Waals surface area contributed by atoms with E-state index in [0.29, 0.717) is 6.54 Å². The second-order valence-electron chi connectivity index (χ2n) is 7.80. The number of aryl methyl sites for hydroxylation is 1. The van der Waals surface area contributed by atoms with E-state index in [1.807, 2.05) is 31.2 Å². The van der Waals surface area contributed by atoms with Gasteiger partial charge in [-0.15, -0.1) is 0 Å². The molecule has 1 amide bonds. The van der Waals surface area contributed by atoms with Crippen LogP contribution in [-0.4, -0.2) is 83.7 Å². The van der Waals surface area contributed by atoms with Gasteiger partial charge in [0.15, 0.2) is 0 Å². The van der Waals surface area contributed by atoms with Crippen LogP contribution in [0.2, 0.25) is 0 Å². The minimum atomic E-state index is -1.82. The van der Waals surface area contributed by atoms with Gasteiger partial charge in [-0.05, 0) is 24.6 Å². The number of carbonyl (C=O) groups is 3. The van der Waals surface area contributed by atoms with Crippen molar-refractivity contribution in [2.75, 3.05) is 51.1 Å². The van der Waals surface area contributed by atoms with Crippen molar-refractivity contribution in [3.05, 3.63) is 65.7 Å². The molecule has 1 fully saturated rings. The molecule has 4 N–H and O–H groups in total. The van der Waals surface area contributed by atoms with Crippen LogP contribution in [0, 0.1) is 6.92 Å². The van der Waals surface area contributed by atoms with Gasteiger partial charge < -0.3 is 20.8 Å². The number of hydrogen-bond donors (Lipinski definition) is 4. The molecule has 2 aromatic carbocycles. The molecule has 2 aromatic rings. The Labute approximate surface area is 194 Å². The molecule has 1 aliphatic heterocycles. The number of hydrogen-bond acceptors (Lipinski definition) is 6. The third-order valence-electron chi connectivity index (χ3n) is 5.12. The zero-order valence-corrected chi connectivity index (χ0v) is 18.9. The molecule has 0 aromatic heterocycles. The van der Waals surface area contributed by atoms with E-state index < -0.39 is 11.9 Å². The van der Waals surface area contributed by atoms with Crippen molar-refractivity contribution in [3.8, 4) is 0 Å². The maximum atomic E-state index is 12.0. The monoisotopic (exact) mass is 456 g/mol. The third kappa shape index (κ3) is 10.7. The Morgan fingerprint density at radius 2 is 1.42 bits per heavy atom. The Balaban J connectivity index is 0.000000569. The number of rotatable bonds is 8. The van der Waals surface area contributed by atoms with Crippen molar-refractivity contribution in [2.24, 2.45) is 0 Å². The largest absolute Gasteiger partial charge is 0.473 e. The van der Waals surface area contributed by atoms with E-state index in [2.05, 4.69) is 50.8 Å². The second-order valence-corrected chi connectivity index (χ2v) is 7.80. The van der Waals surface area contributed by atoms with Gasteiger partial charge in [-0.25, -0.2) is 9.59 Å². The lowest BCUT2D eigenvalue weighted by molar-refractivity contribution is -0.159. The van der Waals surface area contributed by atoms with Crippen LogP contribution in [0.1, 0.15) is 11.1 Å². The van der Waals surface area contributed by atoms with Crippen molar-refractivity contribution in [1.82, 2.24) is 15.1 Å². The van der Waals surface area contributed by atoms with Crippen molar-refractivity contribution in [1.29, 1.82) is 0 Å². The number of carboxylic acids is 2. The van der Waals surface area contributed by atoms with Gasteiger partial charge in [0.05, 0.1) is 6.54 Å². The predicted octanol–water partition coefficient (Wildman–Crippen LogP) is 1.50. The molecule has 0 bridgehead atoms. The summed E-state index contributed by atoms with van der Waals surface area (Å²) in [6, 6.07) is 18.5. The fraction of sp³-hybridized carbons (Fsp3) is 0.375. The first-order valence-electron chi connectivity index (χ1n) is 10.9. The molecule has 0 saturated carbocycles. The van der Waals surface area contributed by atoms with Gasteiger partial charge in [-0.2, -0.15) is 0 Å². The maximum absolute atomic E-state index is 12.0. The quantitative estimate of drug-likeness (QED) is 0.348. The number of benzene rings is 2. The van der Waals surface area contributed by atoms with Crippen molar-refractivity contribution >= 4 is 23.5 Å². The number of amides is 1. The molecule has 1 heterocycles. The molecule has 0 aliphatic carbocycles. The summed E-state index contributed by atoms with van der Waals surface area (Å²) >= 11 is 0. The van der Waals surface area contributed by atoms with Crippen LogP contribution in [-0.2, 0) is 20.9 Å². The third-order valence-corrected chi connectivity index (χ3v) is 5.12. The van der Waals surface area contributed by atoms with Gasteiger partial charge in [0.1, 0.15) is 0 Å². The molecule has 178 valence electrons. The second kappa shape index (κ2) is 14.0. The zero-order valence-electron chi connectivity index (χ0n) is 18.9. The number of carboxylic acid groups (broad SMARTS) is 2. The lowest BCUT2D eigenvalue weighted by Gasteiger charge is -2.34. The van der Waals surface area contributed by atoms with Crippen molar-refractivity contribution in [2.45, 2.75) is 13.5 Å². The van der Waals surface area contributed by atoms with Gasteiger partial charge in [-0.1, -0.05) is 48.0 Å². The smallest absolute Gasteiger partial charge is 0.414 e. The highest BCUT2D eigenvalue weighted by atomic mass is 16.4. The fourth-order valence-corrected chi connectivity index (χ4v) is 3.29. The van der Waals surface area contributed by atoms with E-state index in [1.165, 1.54) is 11.1 Å². The number of aliphatic carboxylic acids is 2. The van der Waals surface area contributed by atoms with Crippen molar-refractivity contribution < 1.29 is 24.6 Å². The average Bonchev–Trinajstić information content (AvgIpc) is 2.80. The molecule has 0 spiro atoms. The molecule has 0 atom stereocenters. The lowest BCUT2D eigenvalue weighted by atomic mass is 10.2. The van der Waals surface area contributed by atoms with Crippen LogP contribution in [0.4, 0.5) is 5.69 Å². The van der Waals surface area contributed by atoms with Crippen LogP contribution in [0.25, 0.3) is 0 Å². The van der Waals surface area contributed by atoms with Crippen LogP contribution in [0.5, 0.6) is 0 Å².